The van der Waals surface area contributed by atoms with Crippen LogP contribution in [0.5, 0.6) is 11.7 Å². The summed E-state index contributed by atoms with van der Waals surface area (Å²) >= 11 is 0. The Labute approximate surface area is 179 Å². The summed E-state index contributed by atoms with van der Waals surface area (Å²) in [6.07, 6.45) is 2.16. The van der Waals surface area contributed by atoms with Crippen molar-refractivity contribution in [3.05, 3.63) is 47.7 Å². The lowest BCUT2D eigenvalue weighted by molar-refractivity contribution is 0.0626. The number of benzene rings is 1. The van der Waals surface area contributed by atoms with Crippen molar-refractivity contribution in [1.82, 2.24) is 9.80 Å². The monoisotopic (exact) mass is 414 g/mol. The summed E-state index contributed by atoms with van der Waals surface area (Å²) in [7, 11) is 3.26. The van der Waals surface area contributed by atoms with E-state index in [0.29, 0.717) is 23.5 Å². The van der Waals surface area contributed by atoms with Crippen molar-refractivity contribution < 1.29 is 18.7 Å². The summed E-state index contributed by atoms with van der Waals surface area (Å²) in [5.74, 6) is 2.51. The highest BCUT2D eigenvalue weighted by Gasteiger charge is 2.26. The van der Waals surface area contributed by atoms with Crippen LogP contribution in [-0.4, -0.2) is 56.1 Å². The molecule has 3 rings (SSSR count). The fraction of sp³-hybridized carbons (Fsp3) is 0.542. The fourth-order valence-corrected chi connectivity index (χ4v) is 4.10. The Morgan fingerprint density at radius 3 is 2.50 bits per heavy atom. The van der Waals surface area contributed by atoms with Gasteiger partial charge in [-0.15, -0.1) is 0 Å². The molecule has 1 saturated heterocycles. The van der Waals surface area contributed by atoms with E-state index < -0.39 is 0 Å². The first-order valence-electron chi connectivity index (χ1n) is 10.8. The molecule has 0 N–H and O–H groups in total. The minimum Gasteiger partial charge on any atom is -0.496 e. The molecule has 1 aliphatic rings. The minimum absolute atomic E-state index is 0.0524. The van der Waals surface area contributed by atoms with E-state index in [1.54, 1.807) is 19.2 Å². The number of hydrogen-bond donors (Lipinski definition) is 0. The van der Waals surface area contributed by atoms with Crippen LogP contribution in [0.3, 0.4) is 0 Å². The number of methoxy groups -OCH3 is 2. The molecule has 0 radical (unpaired) electrons. The molecule has 0 aliphatic carbocycles. The number of carbonyl (C=O) groups is 1. The Bertz CT molecular complexity index is 809. The molecule has 1 aromatic heterocycles. The Hall–Kier alpha value is -2.47. The lowest BCUT2D eigenvalue weighted by Crippen LogP contribution is -2.42. The van der Waals surface area contributed by atoms with E-state index >= 15 is 0 Å². The van der Waals surface area contributed by atoms with E-state index in [1.165, 1.54) is 12.7 Å². The molecule has 1 fully saturated rings. The van der Waals surface area contributed by atoms with Crippen molar-refractivity contribution in [2.24, 2.45) is 11.8 Å². The van der Waals surface area contributed by atoms with Crippen molar-refractivity contribution in [3.8, 4) is 11.7 Å². The average molecular weight is 415 g/mol. The molecule has 0 bridgehead atoms. The molecule has 6 heteroatoms. The summed E-state index contributed by atoms with van der Waals surface area (Å²) in [5.41, 5.74) is 1.22. The topological polar surface area (TPSA) is 55.2 Å². The molecule has 1 aliphatic heterocycles. The summed E-state index contributed by atoms with van der Waals surface area (Å²) in [6, 6.07) is 11.6. The maximum atomic E-state index is 13.0. The van der Waals surface area contributed by atoms with Gasteiger partial charge < -0.3 is 18.8 Å². The van der Waals surface area contributed by atoms with E-state index in [2.05, 4.69) is 30.9 Å². The van der Waals surface area contributed by atoms with Gasteiger partial charge >= 0.3 is 0 Å². The van der Waals surface area contributed by atoms with Crippen LogP contribution in [0.2, 0.25) is 0 Å². The highest BCUT2D eigenvalue weighted by atomic mass is 16.6. The molecule has 164 valence electrons. The van der Waals surface area contributed by atoms with Gasteiger partial charge in [0.1, 0.15) is 5.75 Å². The number of piperidine rings is 1. The van der Waals surface area contributed by atoms with Crippen LogP contribution in [0.15, 0.2) is 40.8 Å². The smallest absolute Gasteiger partial charge is 0.289 e. The summed E-state index contributed by atoms with van der Waals surface area (Å²) < 4.78 is 16.1. The molecular weight excluding hydrogens is 380 g/mol. The molecule has 30 heavy (non-hydrogen) atoms. The van der Waals surface area contributed by atoms with Crippen LogP contribution < -0.4 is 9.47 Å². The minimum atomic E-state index is -0.0524. The molecular formula is C24H34N2O4. The van der Waals surface area contributed by atoms with Gasteiger partial charge in [-0.05, 0) is 49.9 Å². The number of hydrogen-bond acceptors (Lipinski definition) is 5. The van der Waals surface area contributed by atoms with E-state index in [-0.39, 0.29) is 5.91 Å². The van der Waals surface area contributed by atoms with Crippen molar-refractivity contribution in [2.45, 2.75) is 33.2 Å². The zero-order valence-electron chi connectivity index (χ0n) is 18.6. The summed E-state index contributed by atoms with van der Waals surface area (Å²) in [6.45, 7) is 8.73. The lowest BCUT2D eigenvalue weighted by Gasteiger charge is -2.35. The second kappa shape index (κ2) is 10.5. The van der Waals surface area contributed by atoms with Crippen molar-refractivity contribution in [2.75, 3.05) is 40.4 Å². The van der Waals surface area contributed by atoms with Gasteiger partial charge in [-0.25, -0.2) is 0 Å². The number of carbonyl (C=O) groups excluding carboxylic acids is 1. The lowest BCUT2D eigenvalue weighted by atomic mass is 9.95. The molecule has 0 spiro atoms. The Morgan fingerprint density at radius 2 is 1.87 bits per heavy atom. The van der Waals surface area contributed by atoms with E-state index in [1.807, 2.05) is 17.0 Å². The summed E-state index contributed by atoms with van der Waals surface area (Å²) in [4.78, 5) is 17.4. The van der Waals surface area contributed by atoms with Crippen molar-refractivity contribution >= 4 is 5.91 Å². The summed E-state index contributed by atoms with van der Waals surface area (Å²) in [5, 5.41) is 0. The first-order valence-corrected chi connectivity index (χ1v) is 10.8. The van der Waals surface area contributed by atoms with Crippen LogP contribution >= 0.6 is 0 Å². The SMILES string of the molecule is COc1ccc(C(=O)N(CC(C)C)CC2CCN(Cc3ccccc3OC)CC2)o1. The number of ether oxygens (including phenoxy) is 2. The number of rotatable bonds is 9. The van der Waals surface area contributed by atoms with Gasteiger partial charge in [0.25, 0.3) is 11.9 Å². The van der Waals surface area contributed by atoms with Crippen LogP contribution in [0, 0.1) is 11.8 Å². The number of amides is 1. The Morgan fingerprint density at radius 1 is 1.13 bits per heavy atom. The second-order valence-electron chi connectivity index (χ2n) is 8.46. The van der Waals surface area contributed by atoms with Crippen LogP contribution in [0.4, 0.5) is 0 Å². The molecule has 0 unspecified atom stereocenters. The molecule has 0 atom stereocenters. The zero-order chi connectivity index (χ0) is 21.5. The second-order valence-corrected chi connectivity index (χ2v) is 8.46. The Balaban J connectivity index is 1.57. The first kappa shape index (κ1) is 22.2. The fourth-order valence-electron chi connectivity index (χ4n) is 4.10. The molecule has 2 aromatic rings. The standard InChI is InChI=1S/C24H34N2O4/c1-18(2)15-26(24(27)22-9-10-23(29-4)30-22)16-19-11-13-25(14-12-19)17-20-7-5-6-8-21(20)28-3/h5-10,18-19H,11-17H2,1-4H3. The van der Waals surface area contributed by atoms with Gasteiger partial charge in [-0.2, -0.15) is 0 Å². The zero-order valence-corrected chi connectivity index (χ0v) is 18.6. The highest BCUT2D eigenvalue weighted by molar-refractivity contribution is 5.91. The van der Waals surface area contributed by atoms with Gasteiger partial charge in [0.05, 0.1) is 14.2 Å². The number of para-hydroxylation sites is 1. The number of likely N-dealkylation sites (tertiary alicyclic amines) is 1. The van der Waals surface area contributed by atoms with Gasteiger partial charge in [-0.3, -0.25) is 9.69 Å². The third-order valence-electron chi connectivity index (χ3n) is 5.64. The molecule has 6 nitrogen and oxygen atoms in total. The van der Waals surface area contributed by atoms with E-state index in [0.717, 1.165) is 51.3 Å². The molecule has 2 heterocycles. The first-order chi connectivity index (χ1) is 14.5. The van der Waals surface area contributed by atoms with Gasteiger partial charge in [0.15, 0.2) is 5.76 Å². The van der Waals surface area contributed by atoms with Crippen LogP contribution in [-0.2, 0) is 6.54 Å². The normalized spacial score (nSPS) is 15.4. The number of furan rings is 1. The molecule has 0 saturated carbocycles. The molecule has 1 amide bonds. The van der Waals surface area contributed by atoms with Crippen LogP contribution in [0.25, 0.3) is 0 Å². The van der Waals surface area contributed by atoms with E-state index in [4.69, 9.17) is 13.9 Å². The number of nitrogens with zero attached hydrogens (tertiary/aromatic N) is 2. The van der Waals surface area contributed by atoms with Gasteiger partial charge in [0, 0.05) is 31.3 Å². The predicted octanol–water partition coefficient (Wildman–Crippen LogP) is 4.31. The van der Waals surface area contributed by atoms with Gasteiger partial charge in [-0.1, -0.05) is 32.0 Å². The van der Waals surface area contributed by atoms with Crippen molar-refractivity contribution in [1.29, 1.82) is 0 Å². The van der Waals surface area contributed by atoms with E-state index in [9.17, 15) is 4.79 Å². The quantitative estimate of drug-likeness (QED) is 0.612. The largest absolute Gasteiger partial charge is 0.496 e. The third-order valence-corrected chi connectivity index (χ3v) is 5.64. The highest BCUT2D eigenvalue weighted by Crippen LogP contribution is 2.25. The third kappa shape index (κ3) is 5.79. The van der Waals surface area contributed by atoms with Crippen LogP contribution in [0.1, 0.15) is 42.8 Å². The van der Waals surface area contributed by atoms with Crippen molar-refractivity contribution in [3.63, 3.8) is 0 Å². The Kier molecular flexibility index (Phi) is 7.80. The maximum absolute atomic E-state index is 13.0. The maximum Gasteiger partial charge on any atom is 0.289 e. The average Bonchev–Trinajstić information content (AvgIpc) is 3.23. The molecule has 1 aromatic carbocycles. The predicted molar refractivity (Wildman–Crippen MR) is 117 cm³/mol. The van der Waals surface area contributed by atoms with Gasteiger partial charge in [0.2, 0.25) is 0 Å².